The Morgan fingerprint density at radius 1 is 1.38 bits per heavy atom. The Bertz CT molecular complexity index is 772. The maximum atomic E-state index is 12.4. The molecule has 5 heteroatoms. The van der Waals surface area contributed by atoms with Crippen LogP contribution in [0.3, 0.4) is 0 Å². The van der Waals surface area contributed by atoms with Crippen molar-refractivity contribution < 1.29 is 9.32 Å². The molecule has 1 aliphatic rings. The second-order valence-corrected chi connectivity index (χ2v) is 5.02. The topological polar surface area (TPSA) is 93.0 Å². The lowest BCUT2D eigenvalue weighted by molar-refractivity contribution is 0.0982. The van der Waals surface area contributed by atoms with Crippen molar-refractivity contribution in [2.75, 3.05) is 0 Å². The third kappa shape index (κ3) is 2.07. The zero-order chi connectivity index (χ0) is 15.0. The predicted octanol–water partition coefficient (Wildman–Crippen LogP) is 2.73. The molecule has 3 N–H and O–H groups in total. The standard InChI is InChI=1S/C16H15N3O2/c1-9-16-12-3-2-10(11(7-17)8-18)6-13(12)14(20)4-5-15(16)21-19-9/h2-3,6-8,17H,4-5,18H2,1H3/b11-8+,17-7?. The van der Waals surface area contributed by atoms with E-state index >= 15 is 0 Å². The van der Waals surface area contributed by atoms with Gasteiger partial charge in [0.25, 0.3) is 0 Å². The van der Waals surface area contributed by atoms with Crippen LogP contribution in [0.5, 0.6) is 0 Å². The molecule has 5 nitrogen and oxygen atoms in total. The van der Waals surface area contributed by atoms with E-state index in [1.54, 1.807) is 6.07 Å². The smallest absolute Gasteiger partial charge is 0.163 e. The van der Waals surface area contributed by atoms with E-state index in [9.17, 15) is 4.79 Å². The van der Waals surface area contributed by atoms with Gasteiger partial charge in [-0.1, -0.05) is 17.3 Å². The summed E-state index contributed by atoms with van der Waals surface area (Å²) in [5.74, 6) is 0.827. The monoisotopic (exact) mass is 281 g/mol. The first kappa shape index (κ1) is 13.3. The number of fused-ring (bicyclic) bond motifs is 3. The highest BCUT2D eigenvalue weighted by Crippen LogP contribution is 2.35. The first-order valence-electron chi connectivity index (χ1n) is 6.71. The third-order valence-corrected chi connectivity index (χ3v) is 3.77. The lowest BCUT2D eigenvalue weighted by Crippen LogP contribution is -2.02. The minimum atomic E-state index is 0.0685. The van der Waals surface area contributed by atoms with Gasteiger partial charge in [0, 0.05) is 42.0 Å². The fourth-order valence-electron chi connectivity index (χ4n) is 2.69. The lowest BCUT2D eigenvalue weighted by atomic mass is 9.94. The number of carbonyl (C=O) groups excluding carboxylic acids is 1. The van der Waals surface area contributed by atoms with Crippen LogP contribution in [0, 0.1) is 12.3 Å². The molecule has 3 rings (SSSR count). The summed E-state index contributed by atoms with van der Waals surface area (Å²) in [4.78, 5) is 12.4. The SMILES string of the molecule is Cc1noc2c1-c1ccc(/C(C=N)=C/N)cc1C(=O)CC2. The maximum Gasteiger partial charge on any atom is 0.163 e. The van der Waals surface area contributed by atoms with Crippen LogP contribution in [-0.4, -0.2) is 17.2 Å². The number of aromatic nitrogens is 1. The van der Waals surface area contributed by atoms with E-state index in [0.717, 1.165) is 28.1 Å². The normalized spacial score (nSPS) is 14.3. The van der Waals surface area contributed by atoms with Crippen LogP contribution in [0.15, 0.2) is 28.9 Å². The van der Waals surface area contributed by atoms with Crippen molar-refractivity contribution in [1.82, 2.24) is 5.16 Å². The second-order valence-electron chi connectivity index (χ2n) is 5.02. The van der Waals surface area contributed by atoms with E-state index in [-0.39, 0.29) is 5.78 Å². The van der Waals surface area contributed by atoms with Crippen molar-refractivity contribution in [2.45, 2.75) is 19.8 Å². The number of ketones is 1. The van der Waals surface area contributed by atoms with E-state index in [1.165, 1.54) is 12.4 Å². The van der Waals surface area contributed by atoms with Crippen LogP contribution < -0.4 is 5.73 Å². The zero-order valence-electron chi connectivity index (χ0n) is 11.6. The Morgan fingerprint density at radius 3 is 2.90 bits per heavy atom. The number of aryl methyl sites for hydroxylation is 2. The van der Waals surface area contributed by atoms with E-state index in [1.807, 2.05) is 19.1 Å². The highest BCUT2D eigenvalue weighted by molar-refractivity contribution is 6.10. The number of carbonyl (C=O) groups is 1. The highest BCUT2D eigenvalue weighted by atomic mass is 16.5. The largest absolute Gasteiger partial charge is 0.404 e. The fourth-order valence-corrected chi connectivity index (χ4v) is 2.69. The zero-order valence-corrected chi connectivity index (χ0v) is 11.6. The molecule has 1 aromatic heterocycles. The molecule has 0 amide bonds. The van der Waals surface area contributed by atoms with Gasteiger partial charge in [-0.05, 0) is 24.1 Å². The van der Waals surface area contributed by atoms with Crippen molar-refractivity contribution in [3.05, 3.63) is 47.0 Å². The van der Waals surface area contributed by atoms with E-state index < -0.39 is 0 Å². The second kappa shape index (κ2) is 5.01. The average molecular weight is 281 g/mol. The molecular formula is C16H15N3O2. The summed E-state index contributed by atoms with van der Waals surface area (Å²) < 4.78 is 5.32. The first-order valence-corrected chi connectivity index (χ1v) is 6.71. The number of nitrogens with one attached hydrogen (secondary N) is 1. The van der Waals surface area contributed by atoms with Crippen molar-refractivity contribution >= 4 is 17.6 Å². The number of nitrogens with two attached hydrogens (primary N) is 1. The molecule has 0 saturated heterocycles. The van der Waals surface area contributed by atoms with Gasteiger partial charge in [0.1, 0.15) is 5.76 Å². The number of Topliss-reactive ketones (excluding diaryl/α,β-unsaturated/α-hetero) is 1. The van der Waals surface area contributed by atoms with Crippen LogP contribution in [-0.2, 0) is 6.42 Å². The summed E-state index contributed by atoms with van der Waals surface area (Å²) in [6.45, 7) is 1.87. The molecule has 0 atom stereocenters. The summed E-state index contributed by atoms with van der Waals surface area (Å²) in [5.41, 5.74) is 10.0. The summed E-state index contributed by atoms with van der Waals surface area (Å²) in [5, 5.41) is 11.4. The number of hydrogen-bond donors (Lipinski definition) is 2. The van der Waals surface area contributed by atoms with E-state index in [0.29, 0.717) is 24.0 Å². The Labute approximate surface area is 121 Å². The highest BCUT2D eigenvalue weighted by Gasteiger charge is 2.25. The number of nitrogens with zero attached hydrogens (tertiary/aromatic N) is 1. The molecule has 1 heterocycles. The third-order valence-electron chi connectivity index (χ3n) is 3.77. The minimum absolute atomic E-state index is 0.0685. The van der Waals surface area contributed by atoms with Gasteiger partial charge in [0.2, 0.25) is 0 Å². The molecule has 0 saturated carbocycles. The average Bonchev–Trinajstić information content (AvgIpc) is 2.80. The van der Waals surface area contributed by atoms with Crippen molar-refractivity contribution in [3.63, 3.8) is 0 Å². The molecule has 2 aromatic rings. The lowest BCUT2D eigenvalue weighted by Gasteiger charge is -2.09. The van der Waals surface area contributed by atoms with Gasteiger partial charge in [-0.25, -0.2) is 0 Å². The molecule has 0 radical (unpaired) electrons. The van der Waals surface area contributed by atoms with Crippen molar-refractivity contribution in [2.24, 2.45) is 5.73 Å². The molecule has 1 aliphatic carbocycles. The Kier molecular flexibility index (Phi) is 3.17. The Balaban J connectivity index is 2.24. The van der Waals surface area contributed by atoms with Gasteiger partial charge in [-0.15, -0.1) is 0 Å². The van der Waals surface area contributed by atoms with E-state index in [2.05, 4.69) is 5.16 Å². The Morgan fingerprint density at radius 2 is 2.19 bits per heavy atom. The molecule has 0 spiro atoms. The van der Waals surface area contributed by atoms with E-state index in [4.69, 9.17) is 15.7 Å². The molecule has 21 heavy (non-hydrogen) atoms. The van der Waals surface area contributed by atoms with Gasteiger partial charge in [0.15, 0.2) is 5.78 Å². The molecule has 0 aliphatic heterocycles. The predicted molar refractivity (Wildman–Crippen MR) is 80.3 cm³/mol. The Hall–Kier alpha value is -2.69. The molecule has 0 bridgehead atoms. The quantitative estimate of drug-likeness (QED) is 0.828. The molecule has 106 valence electrons. The van der Waals surface area contributed by atoms with Crippen LogP contribution in [0.4, 0.5) is 0 Å². The first-order chi connectivity index (χ1) is 10.2. The summed E-state index contributed by atoms with van der Waals surface area (Å²) in [7, 11) is 0. The van der Waals surface area contributed by atoms with Crippen molar-refractivity contribution in [1.29, 1.82) is 5.41 Å². The number of hydrogen-bond acceptors (Lipinski definition) is 5. The van der Waals surface area contributed by atoms with Crippen LogP contribution in [0.2, 0.25) is 0 Å². The molecule has 1 aromatic carbocycles. The van der Waals surface area contributed by atoms with Crippen molar-refractivity contribution in [3.8, 4) is 11.1 Å². The van der Waals surface area contributed by atoms with Gasteiger partial charge < -0.3 is 15.7 Å². The van der Waals surface area contributed by atoms with Crippen LogP contribution >= 0.6 is 0 Å². The summed E-state index contributed by atoms with van der Waals surface area (Å²) in [6, 6.07) is 5.53. The molecule has 0 fully saturated rings. The van der Waals surface area contributed by atoms with Gasteiger partial charge >= 0.3 is 0 Å². The van der Waals surface area contributed by atoms with Gasteiger partial charge in [-0.2, -0.15) is 0 Å². The number of rotatable bonds is 2. The summed E-state index contributed by atoms with van der Waals surface area (Å²) in [6.07, 6.45) is 3.50. The number of benzene rings is 1. The fraction of sp³-hybridized carbons (Fsp3) is 0.188. The molecular weight excluding hydrogens is 266 g/mol. The number of allylic oxidation sites excluding steroid dienone is 1. The van der Waals surface area contributed by atoms with Crippen LogP contribution in [0.1, 0.15) is 33.8 Å². The van der Waals surface area contributed by atoms with Crippen LogP contribution in [0.25, 0.3) is 16.7 Å². The van der Waals surface area contributed by atoms with Gasteiger partial charge in [-0.3, -0.25) is 4.79 Å². The molecule has 0 unspecified atom stereocenters. The summed E-state index contributed by atoms with van der Waals surface area (Å²) >= 11 is 0. The maximum absolute atomic E-state index is 12.4. The minimum Gasteiger partial charge on any atom is -0.404 e. The van der Waals surface area contributed by atoms with Gasteiger partial charge in [0.05, 0.1) is 5.69 Å².